The van der Waals surface area contributed by atoms with E-state index < -0.39 is 119 Å². The summed E-state index contributed by atoms with van der Waals surface area (Å²) in [7, 11) is -9.49. The van der Waals surface area contributed by atoms with Gasteiger partial charge in [0.25, 0.3) is 0 Å². The number of ether oxygens (including phenoxy) is 7. The normalized spacial score (nSPS) is 30.7. The van der Waals surface area contributed by atoms with E-state index in [2.05, 4.69) is 19.6 Å². The van der Waals surface area contributed by atoms with Crippen LogP contribution in [-0.4, -0.2) is 132 Å². The van der Waals surface area contributed by atoms with Crippen molar-refractivity contribution in [2.45, 2.75) is 168 Å². The van der Waals surface area contributed by atoms with Crippen LogP contribution in [0.4, 0.5) is 0 Å². The summed E-state index contributed by atoms with van der Waals surface area (Å²) in [5.41, 5.74) is 0. The van der Waals surface area contributed by atoms with Crippen molar-refractivity contribution in [2.24, 2.45) is 0 Å². The van der Waals surface area contributed by atoms with Gasteiger partial charge in [0.1, 0.15) is 55.9 Å². The van der Waals surface area contributed by atoms with E-state index in [1.54, 1.807) is 0 Å². The van der Waals surface area contributed by atoms with Crippen LogP contribution in [0.15, 0.2) is 0 Å². The largest absolute Gasteiger partial charge is 0.463 e. The van der Waals surface area contributed by atoms with Crippen LogP contribution in [0.3, 0.4) is 0 Å². The highest BCUT2D eigenvalue weighted by Crippen LogP contribution is 2.38. The van der Waals surface area contributed by atoms with Gasteiger partial charge in [-0.3, -0.25) is 19.2 Å². The summed E-state index contributed by atoms with van der Waals surface area (Å²) >= 11 is 0. The molecule has 2 rings (SSSR count). The number of hydrogen-bond acceptors (Lipinski definition) is 15. The molecule has 2 heterocycles. The second kappa shape index (κ2) is 18.2. The Kier molecular flexibility index (Phi) is 16.3. The van der Waals surface area contributed by atoms with Crippen molar-refractivity contribution in [3.8, 4) is 0 Å². The minimum atomic E-state index is -2.50. The first-order valence-electron chi connectivity index (χ1n) is 17.3. The third-order valence-electron chi connectivity index (χ3n) is 6.92. The number of hydrogen-bond donors (Lipinski definition) is 0. The fraction of sp³-hybridized carbons (Fsp3) is 0.875. The van der Waals surface area contributed by atoms with Gasteiger partial charge in [-0.1, -0.05) is 0 Å². The van der Waals surface area contributed by atoms with Crippen LogP contribution in [0.25, 0.3) is 0 Å². The van der Waals surface area contributed by atoms with Crippen molar-refractivity contribution < 1.29 is 70.0 Å². The molecular weight excluding hydrogens is 737 g/mol. The number of rotatable bonds is 16. The van der Waals surface area contributed by atoms with Crippen molar-refractivity contribution in [1.29, 1.82) is 0 Å². The molecule has 10 atom stereocenters. The Labute approximate surface area is 307 Å². The van der Waals surface area contributed by atoms with Crippen LogP contribution in [-0.2, 0) is 70.0 Å². The van der Waals surface area contributed by atoms with Crippen molar-refractivity contribution in [1.82, 2.24) is 0 Å². The third-order valence-corrected chi connectivity index (χ3v) is 10.8. The Hall–Kier alpha value is -1.53. The zero-order valence-electron chi connectivity index (χ0n) is 33.3. The molecule has 2 saturated heterocycles. The lowest BCUT2D eigenvalue weighted by Gasteiger charge is -2.52. The SMILES string of the molecule is CC(=O)OC[C@H]1O[C@@H](O[C@H]2[C@H](O[Si](C)(C)C)[C@@H](OC(C)=O)C(OC(C)=O)O[C@@H]2COC(C)=O)[C@H](O[Si](C)(C)C)[C@@H](O[Si](C)(C)C)[C@H]1O[Si](C)(C)C. The van der Waals surface area contributed by atoms with Crippen LogP contribution in [0.1, 0.15) is 27.7 Å². The molecule has 2 aliphatic rings. The topological polar surface area (TPSA) is 170 Å². The maximum absolute atomic E-state index is 12.5. The zero-order valence-corrected chi connectivity index (χ0v) is 37.3. The Bertz CT molecular complexity index is 1190. The lowest BCUT2D eigenvalue weighted by Crippen LogP contribution is -2.69. The predicted molar refractivity (Wildman–Crippen MR) is 196 cm³/mol. The van der Waals surface area contributed by atoms with E-state index in [0.29, 0.717) is 0 Å². The fourth-order valence-corrected chi connectivity index (χ4v) is 9.93. The monoisotopic (exact) mass is 798 g/mol. The molecule has 0 aromatic heterocycles. The average Bonchev–Trinajstić information content (AvgIpc) is 2.89. The highest BCUT2D eigenvalue weighted by molar-refractivity contribution is 6.71. The molecule has 0 amide bonds. The average molecular weight is 799 g/mol. The van der Waals surface area contributed by atoms with Gasteiger partial charge in [-0.15, -0.1) is 0 Å². The zero-order chi connectivity index (χ0) is 39.3. The summed E-state index contributed by atoms with van der Waals surface area (Å²) in [5, 5.41) is 0. The molecule has 19 heteroatoms. The predicted octanol–water partition coefficient (Wildman–Crippen LogP) is 4.32. The van der Waals surface area contributed by atoms with E-state index in [0.717, 1.165) is 0 Å². The summed E-state index contributed by atoms with van der Waals surface area (Å²) in [6.45, 7) is 28.7. The lowest BCUT2D eigenvalue weighted by atomic mass is 9.96. The molecule has 0 radical (unpaired) electrons. The van der Waals surface area contributed by atoms with Crippen molar-refractivity contribution in [3.63, 3.8) is 0 Å². The van der Waals surface area contributed by atoms with Crippen molar-refractivity contribution in [3.05, 3.63) is 0 Å². The molecule has 0 bridgehead atoms. The van der Waals surface area contributed by atoms with E-state index in [-0.39, 0.29) is 13.2 Å². The second-order valence-electron chi connectivity index (χ2n) is 16.8. The van der Waals surface area contributed by atoms with E-state index in [1.807, 2.05) is 58.9 Å². The second-order valence-corrected chi connectivity index (χ2v) is 34.6. The van der Waals surface area contributed by atoms with E-state index >= 15 is 0 Å². The van der Waals surface area contributed by atoms with Gasteiger partial charge in [-0.2, -0.15) is 0 Å². The molecule has 0 aromatic rings. The molecule has 0 aromatic carbocycles. The van der Waals surface area contributed by atoms with Crippen LogP contribution < -0.4 is 0 Å². The van der Waals surface area contributed by atoms with Gasteiger partial charge in [-0.25, -0.2) is 0 Å². The third kappa shape index (κ3) is 16.2. The van der Waals surface area contributed by atoms with E-state index in [1.165, 1.54) is 27.7 Å². The number of esters is 4. The van der Waals surface area contributed by atoms with Gasteiger partial charge in [-0.05, 0) is 78.6 Å². The van der Waals surface area contributed by atoms with Crippen LogP contribution in [0.5, 0.6) is 0 Å². The molecule has 0 N–H and O–H groups in total. The minimum absolute atomic E-state index is 0.160. The Morgan fingerprint density at radius 3 is 1.18 bits per heavy atom. The van der Waals surface area contributed by atoms with Crippen molar-refractivity contribution >= 4 is 57.1 Å². The molecule has 0 spiro atoms. The minimum Gasteiger partial charge on any atom is -0.463 e. The van der Waals surface area contributed by atoms with Gasteiger partial charge < -0.3 is 50.9 Å². The number of carbonyl (C=O) groups excluding carboxylic acids is 4. The molecule has 0 aliphatic carbocycles. The van der Waals surface area contributed by atoms with Gasteiger partial charge in [0.05, 0.1) is 0 Å². The standard InChI is InChI=1S/C32H62O15Si4/c1-19(33)37-17-23-25(27(45-49(8,9)10)29(39-21(3)35)31(41-23)40-22(4)36)43-32-30(47-51(14,15)16)28(46-50(11,12)13)26(44-48(5,6)7)24(42-32)18-38-20(2)34/h23-32H,17-18H2,1-16H3/t23-,24-,25-,26+,27+,28+,29-,30-,31?,32+/m1/s1. The van der Waals surface area contributed by atoms with Crippen LogP contribution in [0, 0.1) is 0 Å². The van der Waals surface area contributed by atoms with Crippen LogP contribution in [0.2, 0.25) is 78.6 Å². The smallest absolute Gasteiger partial charge is 0.305 e. The van der Waals surface area contributed by atoms with Crippen LogP contribution >= 0.6 is 0 Å². The Morgan fingerprint density at radius 2 is 0.784 bits per heavy atom. The summed E-state index contributed by atoms with van der Waals surface area (Å²) < 4.78 is 69.0. The first-order chi connectivity index (χ1) is 23.0. The van der Waals surface area contributed by atoms with Crippen molar-refractivity contribution in [2.75, 3.05) is 13.2 Å². The Morgan fingerprint density at radius 1 is 0.431 bits per heavy atom. The van der Waals surface area contributed by atoms with Gasteiger partial charge in [0.15, 0.2) is 45.7 Å². The number of carbonyl (C=O) groups is 4. The molecular formula is C32H62O15Si4. The summed E-state index contributed by atoms with van der Waals surface area (Å²) in [6.07, 6.45) is -10.3. The first-order valence-corrected chi connectivity index (χ1v) is 31.0. The fourth-order valence-electron chi connectivity index (χ4n) is 5.60. The summed E-state index contributed by atoms with van der Waals surface area (Å²) in [6, 6.07) is 0. The first kappa shape index (κ1) is 45.6. The highest BCUT2D eigenvalue weighted by atomic mass is 28.4. The van der Waals surface area contributed by atoms with Gasteiger partial charge in [0, 0.05) is 27.7 Å². The summed E-state index contributed by atoms with van der Waals surface area (Å²) in [4.78, 5) is 48.9. The van der Waals surface area contributed by atoms with E-state index in [9.17, 15) is 19.2 Å². The van der Waals surface area contributed by atoms with Gasteiger partial charge in [0.2, 0.25) is 6.29 Å². The maximum atomic E-state index is 12.5. The molecule has 2 fully saturated rings. The Balaban J connectivity index is 2.85. The molecule has 1 unspecified atom stereocenters. The molecule has 296 valence electrons. The lowest BCUT2D eigenvalue weighted by molar-refractivity contribution is -0.350. The molecule has 0 saturated carbocycles. The molecule has 2 aliphatic heterocycles. The van der Waals surface area contributed by atoms with E-state index in [4.69, 9.17) is 50.9 Å². The quantitative estimate of drug-likeness (QED) is 0.123. The van der Waals surface area contributed by atoms with Gasteiger partial charge >= 0.3 is 23.9 Å². The maximum Gasteiger partial charge on any atom is 0.305 e. The molecule has 51 heavy (non-hydrogen) atoms. The highest BCUT2D eigenvalue weighted by Gasteiger charge is 2.57. The summed E-state index contributed by atoms with van der Waals surface area (Å²) in [5.74, 6) is -2.46. The molecule has 15 nitrogen and oxygen atoms in total.